The molecule has 0 spiro atoms. The maximum absolute atomic E-state index is 13.2. The number of nitrogens with two attached hydrogens (primary N) is 1. The maximum atomic E-state index is 13.2. The number of carbonyl (C=O) groups excluding carboxylic acids is 1. The molecule has 17 heavy (non-hydrogen) atoms. The summed E-state index contributed by atoms with van der Waals surface area (Å²) in [4.78, 5) is 11.0. The van der Waals surface area contributed by atoms with Crippen LogP contribution in [0.1, 0.15) is 18.0 Å². The van der Waals surface area contributed by atoms with Gasteiger partial charge >= 0.3 is 5.97 Å². The lowest BCUT2D eigenvalue weighted by Crippen LogP contribution is -2.16. The Labute approximate surface area is 97.9 Å². The number of phenolic OH excluding ortho intramolecular Hbond substituents is 1. The fraction of sp³-hybridized carbons (Fsp3) is 0.364. The Morgan fingerprint density at radius 1 is 1.53 bits per heavy atom. The highest BCUT2D eigenvalue weighted by atomic mass is 19.1. The molecule has 0 radical (unpaired) electrons. The van der Waals surface area contributed by atoms with E-state index >= 15 is 0 Å². The molecule has 0 aromatic heterocycles. The highest BCUT2D eigenvalue weighted by molar-refractivity contribution is 5.70. The molecule has 0 aliphatic carbocycles. The van der Waals surface area contributed by atoms with Gasteiger partial charge in [-0.25, -0.2) is 4.39 Å². The molecule has 0 saturated heterocycles. The standard InChI is InChI=1S/C11H14FNO4/c1-16-9-4-6(12)3-7(11(9)15)8(13)5-10(14)17-2/h3-4,8,15H,5,13H2,1-2H3/t8-/m1/s1. The number of rotatable bonds is 4. The zero-order valence-electron chi connectivity index (χ0n) is 9.57. The molecule has 0 heterocycles. The first-order valence-corrected chi connectivity index (χ1v) is 4.88. The molecule has 0 bridgehead atoms. The molecule has 1 rings (SSSR count). The van der Waals surface area contributed by atoms with Crippen molar-refractivity contribution in [2.75, 3.05) is 14.2 Å². The van der Waals surface area contributed by atoms with Crippen LogP contribution in [0.3, 0.4) is 0 Å². The Kier molecular flexibility index (Phi) is 4.28. The van der Waals surface area contributed by atoms with E-state index in [1.807, 2.05) is 0 Å². The minimum Gasteiger partial charge on any atom is -0.504 e. The molecule has 1 atom stereocenters. The average Bonchev–Trinajstić information content (AvgIpc) is 2.31. The van der Waals surface area contributed by atoms with E-state index in [1.54, 1.807) is 0 Å². The van der Waals surface area contributed by atoms with Crippen molar-refractivity contribution in [1.29, 1.82) is 0 Å². The molecule has 0 aliphatic rings. The number of hydrogen-bond acceptors (Lipinski definition) is 5. The van der Waals surface area contributed by atoms with Crippen molar-refractivity contribution in [1.82, 2.24) is 0 Å². The van der Waals surface area contributed by atoms with Gasteiger partial charge in [-0.1, -0.05) is 0 Å². The Morgan fingerprint density at radius 3 is 2.71 bits per heavy atom. The SMILES string of the molecule is COC(=O)C[C@@H](N)c1cc(F)cc(OC)c1O. The molecule has 6 heteroatoms. The van der Waals surface area contributed by atoms with Crippen LogP contribution in [-0.4, -0.2) is 25.3 Å². The van der Waals surface area contributed by atoms with Crippen LogP contribution in [0.4, 0.5) is 4.39 Å². The highest BCUT2D eigenvalue weighted by Crippen LogP contribution is 2.34. The second-order valence-electron chi connectivity index (χ2n) is 3.43. The van der Waals surface area contributed by atoms with Gasteiger partial charge in [0.2, 0.25) is 0 Å². The van der Waals surface area contributed by atoms with Gasteiger partial charge in [-0.3, -0.25) is 4.79 Å². The third-order valence-electron chi connectivity index (χ3n) is 2.30. The first kappa shape index (κ1) is 13.2. The summed E-state index contributed by atoms with van der Waals surface area (Å²) in [6, 6.07) is 1.24. The van der Waals surface area contributed by atoms with E-state index in [0.717, 1.165) is 12.1 Å². The van der Waals surface area contributed by atoms with Gasteiger partial charge in [-0.2, -0.15) is 0 Å². The number of aromatic hydroxyl groups is 1. The lowest BCUT2D eigenvalue weighted by Gasteiger charge is -2.14. The van der Waals surface area contributed by atoms with Crippen molar-refractivity contribution in [3.8, 4) is 11.5 Å². The lowest BCUT2D eigenvalue weighted by atomic mass is 10.0. The van der Waals surface area contributed by atoms with Gasteiger partial charge in [0.25, 0.3) is 0 Å². The van der Waals surface area contributed by atoms with E-state index in [2.05, 4.69) is 4.74 Å². The number of carbonyl (C=O) groups is 1. The van der Waals surface area contributed by atoms with Crippen molar-refractivity contribution in [3.63, 3.8) is 0 Å². The normalized spacial score (nSPS) is 12.0. The van der Waals surface area contributed by atoms with Gasteiger partial charge in [-0.15, -0.1) is 0 Å². The van der Waals surface area contributed by atoms with Crippen molar-refractivity contribution in [2.45, 2.75) is 12.5 Å². The summed E-state index contributed by atoms with van der Waals surface area (Å²) in [5, 5.41) is 9.75. The Morgan fingerprint density at radius 2 is 2.18 bits per heavy atom. The largest absolute Gasteiger partial charge is 0.504 e. The molecular weight excluding hydrogens is 229 g/mol. The fourth-order valence-corrected chi connectivity index (χ4v) is 1.41. The lowest BCUT2D eigenvalue weighted by molar-refractivity contribution is -0.141. The monoisotopic (exact) mass is 243 g/mol. The topological polar surface area (TPSA) is 81.8 Å². The van der Waals surface area contributed by atoms with Crippen LogP contribution in [0, 0.1) is 5.82 Å². The molecule has 0 unspecified atom stereocenters. The van der Waals surface area contributed by atoms with E-state index in [9.17, 15) is 14.3 Å². The summed E-state index contributed by atoms with van der Waals surface area (Å²) in [6.45, 7) is 0. The van der Waals surface area contributed by atoms with Crippen molar-refractivity contribution < 1.29 is 23.8 Å². The quantitative estimate of drug-likeness (QED) is 0.774. The number of hydrogen-bond donors (Lipinski definition) is 2. The molecule has 0 aliphatic heterocycles. The Bertz CT molecular complexity index is 422. The number of benzene rings is 1. The van der Waals surface area contributed by atoms with Crippen LogP contribution in [-0.2, 0) is 9.53 Å². The van der Waals surface area contributed by atoms with Crippen molar-refractivity contribution in [2.24, 2.45) is 5.73 Å². The van der Waals surface area contributed by atoms with Gasteiger partial charge in [0.05, 0.1) is 20.6 Å². The van der Waals surface area contributed by atoms with E-state index in [0.29, 0.717) is 0 Å². The first-order valence-electron chi connectivity index (χ1n) is 4.88. The van der Waals surface area contributed by atoms with Crippen LogP contribution in [0.5, 0.6) is 11.5 Å². The average molecular weight is 243 g/mol. The van der Waals surface area contributed by atoms with Crippen LogP contribution in [0.15, 0.2) is 12.1 Å². The highest BCUT2D eigenvalue weighted by Gasteiger charge is 2.19. The zero-order chi connectivity index (χ0) is 13.0. The van der Waals surface area contributed by atoms with E-state index in [1.165, 1.54) is 14.2 Å². The third kappa shape index (κ3) is 3.07. The molecule has 94 valence electrons. The minimum atomic E-state index is -0.855. The smallest absolute Gasteiger partial charge is 0.307 e. The van der Waals surface area contributed by atoms with Crippen molar-refractivity contribution >= 4 is 5.97 Å². The predicted octanol–water partition coefficient (Wildman–Crippen LogP) is 1.10. The van der Waals surface area contributed by atoms with E-state index in [-0.39, 0.29) is 23.5 Å². The summed E-state index contributed by atoms with van der Waals surface area (Å²) >= 11 is 0. The molecule has 1 aromatic rings. The molecule has 1 aromatic carbocycles. The van der Waals surface area contributed by atoms with Gasteiger partial charge in [0, 0.05) is 17.7 Å². The van der Waals surface area contributed by atoms with Gasteiger partial charge in [-0.05, 0) is 6.07 Å². The molecule has 3 N–H and O–H groups in total. The summed E-state index contributed by atoms with van der Waals surface area (Å²) in [6.07, 6.45) is -0.156. The Hall–Kier alpha value is -1.82. The second kappa shape index (κ2) is 5.49. The van der Waals surface area contributed by atoms with Crippen LogP contribution < -0.4 is 10.5 Å². The molecule has 0 fully saturated rings. The van der Waals surface area contributed by atoms with Crippen LogP contribution in [0.2, 0.25) is 0 Å². The first-order chi connectivity index (χ1) is 7.99. The fourth-order valence-electron chi connectivity index (χ4n) is 1.41. The zero-order valence-corrected chi connectivity index (χ0v) is 9.57. The molecule has 5 nitrogen and oxygen atoms in total. The van der Waals surface area contributed by atoms with Gasteiger partial charge < -0.3 is 20.3 Å². The minimum absolute atomic E-state index is 0.0275. The summed E-state index contributed by atoms with van der Waals surface area (Å²) in [5.74, 6) is -1.44. The number of ether oxygens (including phenoxy) is 2. The number of methoxy groups -OCH3 is 2. The van der Waals surface area contributed by atoms with E-state index < -0.39 is 17.8 Å². The Balaban J connectivity index is 3.04. The molecule has 0 amide bonds. The van der Waals surface area contributed by atoms with Crippen molar-refractivity contribution in [3.05, 3.63) is 23.5 Å². The number of halogens is 1. The number of esters is 1. The van der Waals surface area contributed by atoms with Gasteiger partial charge in [0.15, 0.2) is 11.5 Å². The summed E-state index contributed by atoms with van der Waals surface area (Å²) < 4.78 is 22.4. The predicted molar refractivity (Wildman–Crippen MR) is 58.2 cm³/mol. The second-order valence-corrected chi connectivity index (χ2v) is 3.43. The van der Waals surface area contributed by atoms with Gasteiger partial charge in [0.1, 0.15) is 5.82 Å². The van der Waals surface area contributed by atoms with E-state index in [4.69, 9.17) is 10.5 Å². The third-order valence-corrected chi connectivity index (χ3v) is 2.30. The maximum Gasteiger partial charge on any atom is 0.307 e. The summed E-state index contributed by atoms with van der Waals surface area (Å²) in [7, 11) is 2.52. The number of phenols is 1. The van der Waals surface area contributed by atoms with Crippen LogP contribution >= 0.6 is 0 Å². The van der Waals surface area contributed by atoms with Crippen LogP contribution in [0.25, 0.3) is 0 Å². The summed E-state index contributed by atoms with van der Waals surface area (Å²) in [5.41, 5.74) is 5.79. The molecule has 0 saturated carbocycles. The molecular formula is C11H14FNO4.